The van der Waals surface area contributed by atoms with Gasteiger partial charge in [0.15, 0.2) is 0 Å². The molecule has 284 valence electrons. The molecule has 0 aromatic heterocycles. The molecular weight excluding hydrogens is 850 g/mol. The largest absolute Gasteiger partial charge is 0.310 e. The fraction of sp³-hybridized carbons (Fsp3) is 0.0169. The molecule has 0 unspecified atom stereocenters. The van der Waals surface area contributed by atoms with E-state index >= 15 is 0 Å². The van der Waals surface area contributed by atoms with Crippen molar-refractivity contribution >= 4 is 82.7 Å². The van der Waals surface area contributed by atoms with Crippen LogP contribution in [0.5, 0.6) is 0 Å². The number of anilines is 3. The summed E-state index contributed by atoms with van der Waals surface area (Å²) < 4.78 is 1.29. The van der Waals surface area contributed by atoms with Gasteiger partial charge in [0.05, 0.1) is 16.8 Å². The molecule has 0 atom stereocenters. The van der Waals surface area contributed by atoms with Crippen LogP contribution in [0, 0.1) is 3.57 Å². The van der Waals surface area contributed by atoms with E-state index in [1.54, 1.807) is 0 Å². The molecule has 0 saturated heterocycles. The smallest absolute Gasteiger partial charge is 0.0754 e. The van der Waals surface area contributed by atoms with Gasteiger partial charge in [0.2, 0.25) is 0 Å². The van der Waals surface area contributed by atoms with Gasteiger partial charge in [-0.15, -0.1) is 0 Å². The van der Waals surface area contributed by atoms with Gasteiger partial charge in [0.1, 0.15) is 0 Å². The first-order valence-electron chi connectivity index (χ1n) is 21.0. The van der Waals surface area contributed by atoms with E-state index in [4.69, 9.17) is 0 Å². The van der Waals surface area contributed by atoms with Gasteiger partial charge in [-0.05, 0) is 164 Å². The average molecular weight is 886 g/mol. The molecule has 1 spiro atoms. The lowest BCUT2D eigenvalue weighted by atomic mass is 9.64. The zero-order valence-corrected chi connectivity index (χ0v) is 35.3. The number of benzene rings is 11. The summed E-state index contributed by atoms with van der Waals surface area (Å²) in [7, 11) is 0. The maximum atomic E-state index is 2.55. The van der Waals surface area contributed by atoms with Crippen molar-refractivity contribution in [3.05, 3.63) is 244 Å². The molecule has 0 bridgehead atoms. The summed E-state index contributed by atoms with van der Waals surface area (Å²) in [5.74, 6) is 0. The lowest BCUT2D eigenvalue weighted by molar-refractivity contribution is 0.753. The third-order valence-corrected chi connectivity index (χ3v) is 14.6. The summed E-state index contributed by atoms with van der Waals surface area (Å²) >= 11 is 2.55. The van der Waals surface area contributed by atoms with Crippen LogP contribution < -0.4 is 4.90 Å². The van der Waals surface area contributed by atoms with Crippen LogP contribution >= 0.6 is 22.6 Å². The summed E-state index contributed by atoms with van der Waals surface area (Å²) in [6, 6.07) is 81.8. The molecule has 61 heavy (non-hydrogen) atoms. The zero-order valence-electron chi connectivity index (χ0n) is 33.1. The molecule has 2 aliphatic rings. The average Bonchev–Trinajstić information content (AvgIpc) is 3.60. The predicted octanol–water partition coefficient (Wildman–Crippen LogP) is 16.4. The zero-order chi connectivity index (χ0) is 40.2. The van der Waals surface area contributed by atoms with Gasteiger partial charge in [0, 0.05) is 9.26 Å². The van der Waals surface area contributed by atoms with E-state index in [9.17, 15) is 0 Å². The number of rotatable bonds is 3. The Kier molecular flexibility index (Phi) is 7.56. The van der Waals surface area contributed by atoms with Gasteiger partial charge in [-0.25, -0.2) is 0 Å². The molecule has 1 aliphatic heterocycles. The van der Waals surface area contributed by atoms with E-state index in [0.717, 1.165) is 5.69 Å². The van der Waals surface area contributed by atoms with Crippen LogP contribution in [0.25, 0.3) is 76.5 Å². The molecule has 0 N–H and O–H groups in total. The van der Waals surface area contributed by atoms with Crippen LogP contribution in [0.15, 0.2) is 218 Å². The van der Waals surface area contributed by atoms with Crippen molar-refractivity contribution in [1.29, 1.82) is 0 Å². The third-order valence-electron chi connectivity index (χ3n) is 13.5. The number of hydrogen-bond acceptors (Lipinski definition) is 1. The Morgan fingerprint density at radius 2 is 0.738 bits per heavy atom. The number of halogens is 1. The number of nitrogens with zero attached hydrogens (tertiary/aromatic N) is 1. The van der Waals surface area contributed by atoms with Crippen molar-refractivity contribution < 1.29 is 0 Å². The second-order valence-corrected chi connectivity index (χ2v) is 17.5. The summed E-state index contributed by atoms with van der Waals surface area (Å²) in [5.41, 5.74) is 15.7. The Morgan fingerprint density at radius 3 is 1.26 bits per heavy atom. The lowest BCUT2D eigenvalue weighted by Gasteiger charge is -2.45. The van der Waals surface area contributed by atoms with Crippen molar-refractivity contribution in [2.75, 3.05) is 4.90 Å². The van der Waals surface area contributed by atoms with Crippen LogP contribution in [0.3, 0.4) is 0 Å². The summed E-state index contributed by atoms with van der Waals surface area (Å²) in [6.45, 7) is 0. The molecule has 1 aliphatic carbocycles. The Labute approximate surface area is 368 Å². The van der Waals surface area contributed by atoms with Crippen LogP contribution in [0.4, 0.5) is 17.1 Å². The van der Waals surface area contributed by atoms with Gasteiger partial charge in [0.25, 0.3) is 0 Å². The fourth-order valence-corrected chi connectivity index (χ4v) is 12.0. The van der Waals surface area contributed by atoms with Crippen molar-refractivity contribution in [2.24, 2.45) is 0 Å². The molecule has 13 rings (SSSR count). The maximum Gasteiger partial charge on any atom is 0.0754 e. The molecule has 2 heteroatoms. The topological polar surface area (TPSA) is 3.24 Å². The van der Waals surface area contributed by atoms with Crippen LogP contribution in [-0.4, -0.2) is 0 Å². The Balaban J connectivity index is 1.17. The normalized spacial score (nSPS) is 13.4. The van der Waals surface area contributed by atoms with Crippen LogP contribution in [-0.2, 0) is 5.41 Å². The second-order valence-electron chi connectivity index (χ2n) is 16.4. The van der Waals surface area contributed by atoms with Gasteiger partial charge >= 0.3 is 0 Å². The van der Waals surface area contributed by atoms with Crippen LogP contribution in [0.1, 0.15) is 22.3 Å². The van der Waals surface area contributed by atoms with E-state index in [1.165, 1.54) is 114 Å². The highest BCUT2D eigenvalue weighted by molar-refractivity contribution is 14.1. The molecule has 0 saturated carbocycles. The first kappa shape index (κ1) is 34.8. The van der Waals surface area contributed by atoms with Gasteiger partial charge in [-0.1, -0.05) is 176 Å². The third kappa shape index (κ3) is 4.82. The van der Waals surface area contributed by atoms with E-state index in [2.05, 4.69) is 246 Å². The molecule has 1 heterocycles. The molecular formula is C59H36IN. The van der Waals surface area contributed by atoms with E-state index < -0.39 is 5.41 Å². The van der Waals surface area contributed by atoms with Crippen molar-refractivity contribution in [1.82, 2.24) is 0 Å². The van der Waals surface area contributed by atoms with E-state index in [0.29, 0.717) is 0 Å². The number of hydrogen-bond donors (Lipinski definition) is 0. The first-order chi connectivity index (χ1) is 30.2. The lowest BCUT2D eigenvalue weighted by Crippen LogP contribution is -2.36. The monoisotopic (exact) mass is 885 g/mol. The van der Waals surface area contributed by atoms with E-state index in [1.807, 2.05) is 0 Å². The first-order valence-corrected chi connectivity index (χ1v) is 22.1. The van der Waals surface area contributed by atoms with Crippen molar-refractivity contribution in [3.8, 4) is 33.4 Å². The summed E-state index contributed by atoms with van der Waals surface area (Å²) in [4.78, 5) is 2.47. The molecule has 0 amide bonds. The van der Waals surface area contributed by atoms with Crippen molar-refractivity contribution in [2.45, 2.75) is 5.41 Å². The SMILES string of the molecule is Ic1c2ccccc2c(-c2ccc3c(c2)C2(c4cc(-c5c6ccccc6cc6ccccc56)ccc4-3)c3ccccc3N(c3ccccc3)c3ccccc32)c2ccccc12. The van der Waals surface area contributed by atoms with Gasteiger partial charge < -0.3 is 4.90 Å². The Morgan fingerprint density at radius 1 is 0.328 bits per heavy atom. The highest BCUT2D eigenvalue weighted by Gasteiger charge is 2.52. The standard InChI is InChI=1S/C59H36IN/c60-58-48-24-10-8-22-46(48)57(47-23-9-11-25-49(47)58)40-31-33-45-44-32-30-39(56-42-20-6-4-16-37(42)34-38-17-5-7-21-43(38)56)35-52(44)59(53(45)36-40)50-26-12-14-28-54(50)61(41-18-2-1-3-19-41)55-29-15-13-27-51(55)59/h1-36H. The quantitative estimate of drug-likeness (QED) is 0.126. The molecule has 0 radical (unpaired) electrons. The highest BCUT2D eigenvalue weighted by atomic mass is 127. The van der Waals surface area contributed by atoms with Crippen molar-refractivity contribution in [3.63, 3.8) is 0 Å². The predicted molar refractivity (Wildman–Crippen MR) is 266 cm³/mol. The number of fused-ring (bicyclic) bond motifs is 13. The van der Waals surface area contributed by atoms with Crippen LogP contribution in [0.2, 0.25) is 0 Å². The fourth-order valence-electron chi connectivity index (χ4n) is 11.0. The molecule has 11 aromatic carbocycles. The Bertz CT molecular complexity index is 3460. The van der Waals surface area contributed by atoms with Gasteiger partial charge in [-0.2, -0.15) is 0 Å². The summed E-state index contributed by atoms with van der Waals surface area (Å²) in [5, 5.41) is 10.2. The minimum atomic E-state index is -0.621. The minimum Gasteiger partial charge on any atom is -0.310 e. The van der Waals surface area contributed by atoms with Gasteiger partial charge in [-0.3, -0.25) is 0 Å². The Hall–Kier alpha value is -7.01. The molecule has 1 nitrogen and oxygen atoms in total. The molecule has 0 fully saturated rings. The highest BCUT2D eigenvalue weighted by Crippen LogP contribution is 2.64. The number of para-hydroxylation sites is 3. The summed E-state index contributed by atoms with van der Waals surface area (Å²) in [6.07, 6.45) is 0. The van der Waals surface area contributed by atoms with E-state index in [-0.39, 0.29) is 0 Å². The second kappa shape index (κ2) is 13.2. The minimum absolute atomic E-state index is 0.621. The molecule has 11 aromatic rings. The maximum absolute atomic E-state index is 2.55.